The average molecular weight is 319 g/mol. The molecule has 0 aromatic rings. The van der Waals surface area contributed by atoms with E-state index < -0.39 is 11.3 Å². The minimum atomic E-state index is -0.780. The summed E-state index contributed by atoms with van der Waals surface area (Å²) in [6, 6.07) is 0. The molecule has 0 saturated heterocycles. The Morgan fingerprint density at radius 2 is 2.14 bits per heavy atom. The predicted octanol–water partition coefficient (Wildman–Crippen LogP) is 2.25. The topological polar surface area (TPSA) is 97.3 Å². The van der Waals surface area contributed by atoms with Gasteiger partial charge in [-0.1, -0.05) is 22.7 Å². The lowest BCUT2D eigenvalue weighted by molar-refractivity contribution is -0.427. The number of amides is 1. The van der Waals surface area contributed by atoms with E-state index in [0.29, 0.717) is 30.3 Å². The van der Waals surface area contributed by atoms with Gasteiger partial charge < -0.3 is 0 Å². The van der Waals surface area contributed by atoms with Crippen LogP contribution in [0.5, 0.6) is 0 Å². The van der Waals surface area contributed by atoms with Crippen LogP contribution in [0.3, 0.4) is 0 Å². The molecule has 4 aliphatic rings. The molecule has 112 valence electrons. The second-order valence-corrected chi connectivity index (χ2v) is 6.34. The van der Waals surface area contributed by atoms with E-state index in [4.69, 9.17) is 11.6 Å². The first kappa shape index (κ1) is 13.5. The maximum Gasteiger partial charge on any atom is 0.255 e. The highest BCUT2D eigenvalue weighted by atomic mass is 35.5. The lowest BCUT2D eigenvalue weighted by Gasteiger charge is -2.29. The number of hydrogen-bond acceptors (Lipinski definition) is 5. The number of aliphatic imine (C=N–C) groups is 3. The van der Waals surface area contributed by atoms with Crippen molar-refractivity contribution >= 4 is 34.9 Å². The van der Waals surface area contributed by atoms with Gasteiger partial charge in [-0.3, -0.25) is 14.9 Å². The SMILES string of the molecule is O=C1N=C2N=CN=C(Cl)C2C12CC1=C(CC([N+](=O)[O-])=CC1)C2. The van der Waals surface area contributed by atoms with Crippen molar-refractivity contribution in [1.29, 1.82) is 0 Å². The van der Waals surface area contributed by atoms with Crippen molar-refractivity contribution in [1.82, 2.24) is 0 Å². The highest BCUT2D eigenvalue weighted by molar-refractivity contribution is 6.69. The summed E-state index contributed by atoms with van der Waals surface area (Å²) >= 11 is 6.22. The van der Waals surface area contributed by atoms with Crippen LogP contribution in [0.1, 0.15) is 25.7 Å². The summed E-state index contributed by atoms with van der Waals surface area (Å²) in [4.78, 5) is 35.2. The summed E-state index contributed by atoms with van der Waals surface area (Å²) in [5.41, 5.74) is 1.48. The molecule has 2 atom stereocenters. The molecule has 0 N–H and O–H groups in total. The Balaban J connectivity index is 1.67. The van der Waals surface area contributed by atoms with Crippen LogP contribution in [0.4, 0.5) is 0 Å². The van der Waals surface area contributed by atoms with E-state index in [-0.39, 0.29) is 22.9 Å². The lowest BCUT2D eigenvalue weighted by atomic mass is 9.73. The number of carbonyl (C=O) groups is 1. The normalized spacial score (nSPS) is 32.7. The van der Waals surface area contributed by atoms with Gasteiger partial charge in [0.1, 0.15) is 17.3 Å². The second-order valence-electron chi connectivity index (χ2n) is 5.95. The van der Waals surface area contributed by atoms with Crippen LogP contribution in [-0.2, 0) is 4.79 Å². The summed E-state index contributed by atoms with van der Waals surface area (Å²) in [6.07, 6.45) is 4.72. The molecule has 0 aromatic carbocycles. The Kier molecular flexibility index (Phi) is 2.72. The third-order valence-electron chi connectivity index (χ3n) is 4.83. The average Bonchev–Trinajstić information content (AvgIpc) is 2.98. The van der Waals surface area contributed by atoms with E-state index in [0.717, 1.165) is 11.1 Å². The van der Waals surface area contributed by atoms with Gasteiger partial charge in [0.05, 0.1) is 22.7 Å². The van der Waals surface area contributed by atoms with E-state index in [1.165, 1.54) is 6.34 Å². The van der Waals surface area contributed by atoms with Gasteiger partial charge in [-0.15, -0.1) is 0 Å². The fourth-order valence-electron chi connectivity index (χ4n) is 3.81. The highest BCUT2D eigenvalue weighted by Crippen LogP contribution is 2.55. The number of nitrogens with zero attached hydrogens (tertiary/aromatic N) is 4. The Labute approximate surface area is 130 Å². The first-order chi connectivity index (χ1) is 10.5. The number of carbonyl (C=O) groups excluding carboxylic acids is 1. The Morgan fingerprint density at radius 3 is 2.91 bits per heavy atom. The number of rotatable bonds is 1. The monoisotopic (exact) mass is 318 g/mol. The molecule has 0 bridgehead atoms. The first-order valence-corrected chi connectivity index (χ1v) is 7.31. The van der Waals surface area contributed by atoms with E-state index in [1.54, 1.807) is 6.08 Å². The number of hydrogen-bond donors (Lipinski definition) is 0. The molecule has 7 nitrogen and oxygen atoms in total. The van der Waals surface area contributed by atoms with E-state index in [2.05, 4.69) is 15.0 Å². The molecule has 0 saturated carbocycles. The van der Waals surface area contributed by atoms with Crippen LogP contribution < -0.4 is 0 Å². The van der Waals surface area contributed by atoms with Crippen molar-refractivity contribution in [2.75, 3.05) is 0 Å². The number of fused-ring (bicyclic) bond motifs is 2. The quantitative estimate of drug-likeness (QED) is 0.421. The third kappa shape index (κ3) is 1.68. The standard InChI is InChI=1S/C14H11ClN4O3/c15-11-10-12(17-6-16-11)18-13(20)14(10)4-7-1-2-9(19(21)22)3-8(7)5-14/h2,6,10H,1,3-5H2. The minimum absolute atomic E-state index is 0.198. The van der Waals surface area contributed by atoms with Crippen LogP contribution in [0.25, 0.3) is 0 Å². The summed E-state index contributed by atoms with van der Waals surface area (Å²) in [6.45, 7) is 0. The van der Waals surface area contributed by atoms with Crippen molar-refractivity contribution in [3.8, 4) is 0 Å². The molecule has 2 aliphatic carbocycles. The van der Waals surface area contributed by atoms with Crippen LogP contribution >= 0.6 is 11.6 Å². The van der Waals surface area contributed by atoms with E-state index in [1.807, 2.05) is 0 Å². The van der Waals surface area contributed by atoms with Crippen molar-refractivity contribution in [3.63, 3.8) is 0 Å². The molecule has 22 heavy (non-hydrogen) atoms. The molecule has 0 radical (unpaired) electrons. The fraction of sp³-hybridized carbons (Fsp3) is 0.429. The molecule has 0 aromatic heterocycles. The van der Waals surface area contributed by atoms with Gasteiger partial charge in [0, 0.05) is 0 Å². The van der Waals surface area contributed by atoms with Gasteiger partial charge in [-0.05, 0) is 25.3 Å². The zero-order chi connectivity index (χ0) is 15.5. The van der Waals surface area contributed by atoms with Gasteiger partial charge in [0.2, 0.25) is 5.70 Å². The fourth-order valence-corrected chi connectivity index (χ4v) is 4.16. The van der Waals surface area contributed by atoms with Crippen LogP contribution in [-0.4, -0.2) is 28.2 Å². The summed E-state index contributed by atoms with van der Waals surface area (Å²) in [5.74, 6) is -0.249. The van der Waals surface area contributed by atoms with E-state index in [9.17, 15) is 14.9 Å². The number of allylic oxidation sites excluding steroid dienone is 3. The maximum atomic E-state index is 12.5. The highest BCUT2D eigenvalue weighted by Gasteiger charge is 2.58. The number of nitro groups is 1. The minimum Gasteiger partial charge on any atom is -0.272 e. The number of amidine groups is 1. The van der Waals surface area contributed by atoms with Crippen LogP contribution in [0, 0.1) is 21.4 Å². The summed E-state index contributed by atoms with van der Waals surface area (Å²) in [7, 11) is 0. The smallest absolute Gasteiger partial charge is 0.255 e. The molecule has 2 aliphatic heterocycles. The summed E-state index contributed by atoms with van der Waals surface area (Å²) < 4.78 is 0. The molecule has 8 heteroatoms. The Bertz CT molecular complexity index is 777. The zero-order valence-electron chi connectivity index (χ0n) is 11.5. The van der Waals surface area contributed by atoms with Gasteiger partial charge >= 0.3 is 0 Å². The third-order valence-corrected chi connectivity index (χ3v) is 5.15. The van der Waals surface area contributed by atoms with Crippen LogP contribution in [0.15, 0.2) is 37.9 Å². The van der Waals surface area contributed by atoms with Gasteiger partial charge in [0.25, 0.3) is 5.91 Å². The van der Waals surface area contributed by atoms with Crippen LogP contribution in [0.2, 0.25) is 0 Å². The molecular weight excluding hydrogens is 308 g/mol. The summed E-state index contributed by atoms with van der Waals surface area (Å²) in [5, 5.41) is 11.3. The van der Waals surface area contributed by atoms with Crippen molar-refractivity contribution in [2.45, 2.75) is 25.7 Å². The molecule has 1 spiro atoms. The Morgan fingerprint density at radius 1 is 1.36 bits per heavy atom. The molecule has 0 fully saturated rings. The molecular formula is C14H11ClN4O3. The van der Waals surface area contributed by atoms with Gasteiger partial charge in [-0.2, -0.15) is 4.99 Å². The van der Waals surface area contributed by atoms with Gasteiger partial charge in [0.15, 0.2) is 0 Å². The van der Waals surface area contributed by atoms with Crippen molar-refractivity contribution in [3.05, 3.63) is 33.0 Å². The molecule has 1 amide bonds. The zero-order valence-corrected chi connectivity index (χ0v) is 12.2. The van der Waals surface area contributed by atoms with Gasteiger partial charge in [-0.25, -0.2) is 9.98 Å². The Hall–Kier alpha value is -2.15. The number of halogens is 1. The van der Waals surface area contributed by atoms with E-state index >= 15 is 0 Å². The molecule has 2 heterocycles. The van der Waals surface area contributed by atoms with Crippen molar-refractivity contribution in [2.24, 2.45) is 26.3 Å². The molecule has 4 rings (SSSR count). The lowest BCUT2D eigenvalue weighted by Crippen LogP contribution is -2.38. The van der Waals surface area contributed by atoms with Crippen molar-refractivity contribution < 1.29 is 9.72 Å². The molecule has 2 unspecified atom stereocenters. The first-order valence-electron chi connectivity index (χ1n) is 6.93. The largest absolute Gasteiger partial charge is 0.272 e. The predicted molar refractivity (Wildman–Crippen MR) is 80.7 cm³/mol. The maximum absolute atomic E-state index is 12.5. The second kappa shape index (κ2) is 4.42.